The van der Waals surface area contributed by atoms with E-state index in [4.69, 9.17) is 21.1 Å². The van der Waals surface area contributed by atoms with E-state index < -0.39 is 46.0 Å². The monoisotopic (exact) mass is 454 g/mol. The van der Waals surface area contributed by atoms with Crippen molar-refractivity contribution in [3.63, 3.8) is 0 Å². The lowest BCUT2D eigenvalue weighted by molar-refractivity contribution is -0.250. The first-order valence-electron chi connectivity index (χ1n) is 11.4. The first-order valence-corrected chi connectivity index (χ1v) is 12.0. The van der Waals surface area contributed by atoms with Crippen LogP contribution in [0.1, 0.15) is 66.2 Å². The number of alkyl halides is 2. The molecule has 0 aromatic rings. The maximum atomic E-state index is 17.2. The Morgan fingerprint density at radius 3 is 2.65 bits per heavy atom. The van der Waals surface area contributed by atoms with Crippen LogP contribution in [0.2, 0.25) is 0 Å². The van der Waals surface area contributed by atoms with Gasteiger partial charge in [-0.2, -0.15) is 0 Å². The third kappa shape index (κ3) is 2.43. The molecule has 4 aliphatic carbocycles. The largest absolute Gasteiger partial charge is 0.390 e. The zero-order chi connectivity index (χ0) is 22.6. The Hall–Kier alpha value is -0.820. The molecule has 1 heterocycles. The molecular weight excluding hydrogens is 423 g/mol. The van der Waals surface area contributed by atoms with Crippen molar-refractivity contribution in [1.29, 1.82) is 0 Å². The van der Waals surface area contributed by atoms with E-state index in [0.717, 1.165) is 5.57 Å². The molecule has 5 rings (SSSR count). The molecule has 0 radical (unpaired) electrons. The lowest BCUT2D eigenvalue weighted by Gasteiger charge is -2.63. The third-order valence-electron chi connectivity index (χ3n) is 9.57. The zero-order valence-corrected chi connectivity index (χ0v) is 19.4. The molecule has 4 fully saturated rings. The van der Waals surface area contributed by atoms with Crippen LogP contribution in [0, 0.1) is 22.7 Å². The Morgan fingerprint density at radius 1 is 1.26 bits per heavy atom. The summed E-state index contributed by atoms with van der Waals surface area (Å²) in [5, 5.41) is 11.4. The number of Topliss-reactive ketones (excluding diaryl/α,β-unsaturated/α-hetero) is 1. The molecule has 1 aliphatic heterocycles. The predicted molar refractivity (Wildman–Crippen MR) is 112 cm³/mol. The van der Waals surface area contributed by atoms with Crippen molar-refractivity contribution in [2.45, 2.75) is 95.5 Å². The Balaban J connectivity index is 1.63. The summed E-state index contributed by atoms with van der Waals surface area (Å²) in [6.07, 6.45) is 2.28. The highest BCUT2D eigenvalue weighted by Gasteiger charge is 2.80. The fourth-order valence-electron chi connectivity index (χ4n) is 8.27. The van der Waals surface area contributed by atoms with Crippen LogP contribution in [0.3, 0.4) is 0 Å². The van der Waals surface area contributed by atoms with Gasteiger partial charge in [0.15, 0.2) is 23.0 Å². The first kappa shape index (κ1) is 22.0. The van der Waals surface area contributed by atoms with E-state index in [2.05, 4.69) is 0 Å². The third-order valence-corrected chi connectivity index (χ3v) is 9.81. The summed E-state index contributed by atoms with van der Waals surface area (Å²) in [5.74, 6) is -2.02. The lowest BCUT2D eigenvalue weighted by atomic mass is 9.44. The molecule has 0 bridgehead atoms. The number of aliphatic hydroxyl groups is 1. The molecule has 5 nitrogen and oxygen atoms in total. The molecule has 0 amide bonds. The number of aliphatic hydroxyl groups excluding tert-OH is 1. The van der Waals surface area contributed by atoms with Crippen LogP contribution in [-0.2, 0) is 19.1 Å². The molecule has 8 atom stereocenters. The van der Waals surface area contributed by atoms with Crippen LogP contribution in [0.15, 0.2) is 11.6 Å². The minimum atomic E-state index is -1.86. The smallest absolute Gasteiger partial charge is 0.182 e. The van der Waals surface area contributed by atoms with Gasteiger partial charge in [0.1, 0.15) is 5.67 Å². The average Bonchev–Trinajstić information content (AvgIpc) is 3.09. The summed E-state index contributed by atoms with van der Waals surface area (Å²) in [5.41, 5.74) is -4.00. The van der Waals surface area contributed by atoms with Crippen LogP contribution in [0.4, 0.5) is 4.39 Å². The quantitative estimate of drug-likeness (QED) is 0.641. The molecule has 0 aromatic carbocycles. The number of halogens is 2. The number of carbonyl (C=O) groups excluding carboxylic acids is 2. The second kappa shape index (κ2) is 6.40. The second-order valence-electron chi connectivity index (χ2n) is 11.3. The first-order chi connectivity index (χ1) is 14.4. The fourth-order valence-corrected chi connectivity index (χ4v) is 8.47. The standard InChI is InChI=1S/C24H32ClFO5/c1-20(2)30-19-10-16-15-6-5-13-9-14(27)7-8-21(13,3)23(15,26)17(28)11-22(16,4)24(19,31-20)18(29)12-25/h9,15-17,19,28H,5-8,10-12H2,1-4H3/t15-,16-,17-,19-,21-,22-,23-,24+/m0/s1. The van der Waals surface area contributed by atoms with Gasteiger partial charge in [-0.05, 0) is 57.9 Å². The molecule has 0 aromatic heterocycles. The summed E-state index contributed by atoms with van der Waals surface area (Å²) in [6.45, 7) is 7.38. The summed E-state index contributed by atoms with van der Waals surface area (Å²) in [7, 11) is 0. The van der Waals surface area contributed by atoms with Gasteiger partial charge in [-0.25, -0.2) is 4.39 Å². The van der Waals surface area contributed by atoms with E-state index in [1.807, 2.05) is 13.8 Å². The van der Waals surface area contributed by atoms with Gasteiger partial charge < -0.3 is 14.6 Å². The van der Waals surface area contributed by atoms with Crippen LogP contribution in [-0.4, -0.2) is 51.8 Å². The number of fused-ring (bicyclic) bond motifs is 7. The lowest BCUT2D eigenvalue weighted by Crippen LogP contribution is -2.70. The van der Waals surface area contributed by atoms with Gasteiger partial charge in [-0.1, -0.05) is 19.4 Å². The van der Waals surface area contributed by atoms with E-state index in [1.54, 1.807) is 19.9 Å². The summed E-state index contributed by atoms with van der Waals surface area (Å²) >= 11 is 6.05. The van der Waals surface area contributed by atoms with E-state index in [0.29, 0.717) is 32.1 Å². The molecule has 1 N–H and O–H groups in total. The molecule has 172 valence electrons. The van der Waals surface area contributed by atoms with Gasteiger partial charge in [0, 0.05) is 23.2 Å². The fraction of sp³-hybridized carbons (Fsp3) is 0.833. The van der Waals surface area contributed by atoms with Crippen LogP contribution < -0.4 is 0 Å². The molecule has 7 heteroatoms. The van der Waals surface area contributed by atoms with Crippen LogP contribution >= 0.6 is 11.6 Å². The van der Waals surface area contributed by atoms with Crippen LogP contribution in [0.5, 0.6) is 0 Å². The molecule has 5 aliphatic rings. The number of allylic oxidation sites excluding steroid dienone is 1. The van der Waals surface area contributed by atoms with Crippen molar-refractivity contribution in [2.75, 3.05) is 5.88 Å². The molecule has 31 heavy (non-hydrogen) atoms. The molecule has 1 saturated heterocycles. The highest BCUT2D eigenvalue weighted by atomic mass is 35.5. The predicted octanol–water partition coefficient (Wildman–Crippen LogP) is 3.89. The number of rotatable bonds is 2. The van der Waals surface area contributed by atoms with Gasteiger partial charge in [-0.15, -0.1) is 11.6 Å². The highest BCUT2D eigenvalue weighted by Crippen LogP contribution is 2.72. The van der Waals surface area contributed by atoms with Crippen molar-refractivity contribution < 1.29 is 28.6 Å². The number of carbonyl (C=O) groups is 2. The maximum Gasteiger partial charge on any atom is 0.182 e. The van der Waals surface area contributed by atoms with Crippen molar-refractivity contribution in [1.82, 2.24) is 0 Å². The van der Waals surface area contributed by atoms with E-state index in [-0.39, 0.29) is 29.8 Å². The maximum absolute atomic E-state index is 17.2. The molecule has 0 spiro atoms. The summed E-state index contributed by atoms with van der Waals surface area (Å²) in [4.78, 5) is 25.3. The topological polar surface area (TPSA) is 72.8 Å². The average molecular weight is 455 g/mol. The zero-order valence-electron chi connectivity index (χ0n) is 18.7. The van der Waals surface area contributed by atoms with Crippen molar-refractivity contribution in [3.8, 4) is 0 Å². The summed E-state index contributed by atoms with van der Waals surface area (Å²) in [6, 6.07) is 0. The number of ether oxygens (including phenoxy) is 2. The van der Waals surface area contributed by atoms with Crippen molar-refractivity contribution in [2.24, 2.45) is 22.7 Å². The molecular formula is C24H32ClFO5. The van der Waals surface area contributed by atoms with Crippen LogP contribution in [0.25, 0.3) is 0 Å². The second-order valence-corrected chi connectivity index (χ2v) is 11.5. The minimum Gasteiger partial charge on any atom is -0.390 e. The van der Waals surface area contributed by atoms with Gasteiger partial charge in [0.25, 0.3) is 0 Å². The minimum absolute atomic E-state index is 0.0377. The molecule has 0 unspecified atom stereocenters. The Labute approximate surface area is 187 Å². The highest BCUT2D eigenvalue weighted by molar-refractivity contribution is 6.29. The van der Waals surface area contributed by atoms with E-state index in [1.165, 1.54) is 0 Å². The number of hydrogen-bond donors (Lipinski definition) is 1. The van der Waals surface area contributed by atoms with E-state index in [9.17, 15) is 14.7 Å². The van der Waals surface area contributed by atoms with E-state index >= 15 is 4.39 Å². The Bertz CT molecular complexity index is 887. The van der Waals surface area contributed by atoms with Crippen molar-refractivity contribution in [3.05, 3.63) is 11.6 Å². The number of hydrogen-bond acceptors (Lipinski definition) is 5. The Morgan fingerprint density at radius 2 is 1.97 bits per heavy atom. The van der Waals surface area contributed by atoms with Gasteiger partial charge >= 0.3 is 0 Å². The van der Waals surface area contributed by atoms with Gasteiger partial charge in [0.2, 0.25) is 0 Å². The summed E-state index contributed by atoms with van der Waals surface area (Å²) < 4.78 is 29.7. The van der Waals surface area contributed by atoms with Crippen molar-refractivity contribution >= 4 is 23.2 Å². The Kier molecular flexibility index (Phi) is 4.54. The molecule has 3 saturated carbocycles. The van der Waals surface area contributed by atoms with Gasteiger partial charge in [-0.3, -0.25) is 9.59 Å². The number of ketones is 2. The van der Waals surface area contributed by atoms with Gasteiger partial charge in [0.05, 0.1) is 18.1 Å². The normalized spacial score (nSPS) is 52.6. The SMILES string of the molecule is CC1(C)O[C@H]2C[C@H]3[C@@H]4CCC5=CC(=O)CC[C@]5(C)[C@@]4(F)[C@@H](O)C[C@]3(C)[C@]2(C(=O)CCl)O1.